The van der Waals surface area contributed by atoms with Gasteiger partial charge in [-0.15, -0.1) is 0 Å². The highest BCUT2D eigenvalue weighted by Gasteiger charge is 2.15. The number of unbranched alkanes of at least 4 members (excludes halogenated alkanes) is 6. The van der Waals surface area contributed by atoms with Crippen LogP contribution in [0.15, 0.2) is 0 Å². The van der Waals surface area contributed by atoms with Crippen molar-refractivity contribution in [1.82, 2.24) is 0 Å². The molecule has 0 spiro atoms. The van der Waals surface area contributed by atoms with Gasteiger partial charge in [-0.1, -0.05) is 85.0 Å². The van der Waals surface area contributed by atoms with Gasteiger partial charge in [-0.05, 0) is 11.8 Å². The zero-order valence-electron chi connectivity index (χ0n) is 12.4. The second kappa shape index (κ2) is 12.4. The van der Waals surface area contributed by atoms with Gasteiger partial charge in [-0.2, -0.15) is 0 Å². The van der Waals surface area contributed by atoms with E-state index in [1.807, 2.05) is 0 Å². The molecule has 2 unspecified atom stereocenters. The third-order valence-corrected chi connectivity index (χ3v) is 3.95. The van der Waals surface area contributed by atoms with Crippen LogP contribution in [0.3, 0.4) is 0 Å². The Morgan fingerprint density at radius 3 is 1.76 bits per heavy atom. The van der Waals surface area contributed by atoms with Gasteiger partial charge in [0.25, 0.3) is 0 Å². The van der Waals surface area contributed by atoms with E-state index in [9.17, 15) is 5.11 Å². The molecule has 0 saturated heterocycles. The van der Waals surface area contributed by atoms with Crippen molar-refractivity contribution in [2.45, 2.75) is 85.0 Å². The Hall–Kier alpha value is -0.0400. The minimum Gasteiger partial charge on any atom is -0.396 e. The van der Waals surface area contributed by atoms with Crippen LogP contribution in [0.5, 0.6) is 0 Å². The fourth-order valence-electron chi connectivity index (χ4n) is 2.53. The molecule has 0 fully saturated rings. The van der Waals surface area contributed by atoms with Crippen molar-refractivity contribution in [2.75, 3.05) is 6.61 Å². The molecule has 0 amide bonds. The first-order valence-corrected chi connectivity index (χ1v) is 7.87. The number of aliphatic hydroxyl groups is 1. The Labute approximate surface area is 109 Å². The van der Waals surface area contributed by atoms with Crippen molar-refractivity contribution in [3.8, 4) is 0 Å². The van der Waals surface area contributed by atoms with Crippen molar-refractivity contribution >= 4 is 0 Å². The second-order valence-electron chi connectivity index (χ2n) is 5.62. The van der Waals surface area contributed by atoms with Gasteiger partial charge in [0, 0.05) is 6.61 Å². The molecule has 0 radical (unpaired) electrons. The second-order valence-corrected chi connectivity index (χ2v) is 5.62. The maximum absolute atomic E-state index is 9.30. The highest BCUT2D eigenvalue weighted by molar-refractivity contribution is 4.66. The molecular weight excluding hydrogens is 208 g/mol. The van der Waals surface area contributed by atoms with E-state index in [-0.39, 0.29) is 0 Å². The Morgan fingerprint density at radius 1 is 0.765 bits per heavy atom. The van der Waals surface area contributed by atoms with Crippen molar-refractivity contribution in [3.05, 3.63) is 0 Å². The molecule has 2 atom stereocenters. The van der Waals surface area contributed by atoms with E-state index in [2.05, 4.69) is 20.8 Å². The van der Waals surface area contributed by atoms with Crippen LogP contribution >= 0.6 is 0 Å². The largest absolute Gasteiger partial charge is 0.396 e. The number of hydrogen-bond donors (Lipinski definition) is 1. The molecular formula is C16H34O. The van der Waals surface area contributed by atoms with Gasteiger partial charge < -0.3 is 5.11 Å². The summed E-state index contributed by atoms with van der Waals surface area (Å²) < 4.78 is 0. The SMILES string of the molecule is CCCCCCCC(CCCCC)C(C)CO. The van der Waals surface area contributed by atoms with Crippen molar-refractivity contribution in [1.29, 1.82) is 0 Å². The Balaban J connectivity index is 3.69. The topological polar surface area (TPSA) is 20.2 Å². The summed E-state index contributed by atoms with van der Waals surface area (Å²) in [6.07, 6.45) is 13.5. The minimum absolute atomic E-state index is 0.367. The van der Waals surface area contributed by atoms with Crippen LogP contribution in [0.2, 0.25) is 0 Å². The van der Waals surface area contributed by atoms with Gasteiger partial charge in [0.1, 0.15) is 0 Å². The molecule has 1 heteroatoms. The highest BCUT2D eigenvalue weighted by atomic mass is 16.3. The Morgan fingerprint density at radius 2 is 1.24 bits per heavy atom. The average Bonchev–Trinajstić information content (AvgIpc) is 2.35. The first-order chi connectivity index (χ1) is 8.26. The fourth-order valence-corrected chi connectivity index (χ4v) is 2.53. The lowest BCUT2D eigenvalue weighted by Crippen LogP contribution is -2.15. The van der Waals surface area contributed by atoms with Gasteiger partial charge >= 0.3 is 0 Å². The third-order valence-electron chi connectivity index (χ3n) is 3.95. The van der Waals surface area contributed by atoms with E-state index in [1.54, 1.807) is 0 Å². The van der Waals surface area contributed by atoms with E-state index >= 15 is 0 Å². The molecule has 0 aliphatic heterocycles. The first kappa shape index (κ1) is 17.0. The van der Waals surface area contributed by atoms with Gasteiger partial charge in [0.05, 0.1) is 0 Å². The van der Waals surface area contributed by atoms with E-state index in [1.165, 1.54) is 64.2 Å². The fraction of sp³-hybridized carbons (Fsp3) is 1.00. The zero-order chi connectivity index (χ0) is 12.9. The summed E-state index contributed by atoms with van der Waals surface area (Å²) in [6, 6.07) is 0. The van der Waals surface area contributed by atoms with Crippen LogP contribution in [0.4, 0.5) is 0 Å². The van der Waals surface area contributed by atoms with Crippen molar-refractivity contribution in [2.24, 2.45) is 11.8 Å². The predicted octanol–water partition coefficient (Wildman–Crippen LogP) is 5.17. The van der Waals surface area contributed by atoms with Crippen LogP contribution in [-0.2, 0) is 0 Å². The Kier molecular flexibility index (Phi) is 12.4. The predicted molar refractivity (Wildman–Crippen MR) is 77.3 cm³/mol. The summed E-state index contributed by atoms with van der Waals surface area (Å²) in [5.74, 6) is 1.26. The number of aliphatic hydroxyl groups excluding tert-OH is 1. The molecule has 1 N–H and O–H groups in total. The molecule has 0 saturated carbocycles. The standard InChI is InChI=1S/C16H34O/c1-4-6-8-9-11-13-16(15(3)14-17)12-10-7-5-2/h15-17H,4-14H2,1-3H3. The van der Waals surface area contributed by atoms with Gasteiger partial charge in [-0.25, -0.2) is 0 Å². The Bertz CT molecular complexity index is 144. The van der Waals surface area contributed by atoms with Crippen LogP contribution in [0.1, 0.15) is 85.0 Å². The third kappa shape index (κ3) is 9.64. The number of rotatable bonds is 12. The molecule has 17 heavy (non-hydrogen) atoms. The summed E-state index contributed by atoms with van der Waals surface area (Å²) in [4.78, 5) is 0. The molecule has 0 aromatic carbocycles. The summed E-state index contributed by atoms with van der Waals surface area (Å²) in [5, 5.41) is 9.30. The lowest BCUT2D eigenvalue weighted by atomic mass is 9.85. The molecule has 0 aromatic rings. The summed E-state index contributed by atoms with van der Waals surface area (Å²) in [6.45, 7) is 7.10. The van der Waals surface area contributed by atoms with E-state index in [4.69, 9.17) is 0 Å². The normalized spacial score (nSPS) is 14.8. The highest BCUT2D eigenvalue weighted by Crippen LogP contribution is 2.25. The lowest BCUT2D eigenvalue weighted by Gasteiger charge is -2.22. The maximum Gasteiger partial charge on any atom is 0.0459 e. The van der Waals surface area contributed by atoms with E-state index in [0.717, 1.165) is 5.92 Å². The first-order valence-electron chi connectivity index (χ1n) is 7.87. The van der Waals surface area contributed by atoms with Gasteiger partial charge in [0.2, 0.25) is 0 Å². The van der Waals surface area contributed by atoms with Crippen LogP contribution in [-0.4, -0.2) is 11.7 Å². The molecule has 0 aromatic heterocycles. The molecule has 0 aliphatic rings. The van der Waals surface area contributed by atoms with Crippen molar-refractivity contribution < 1.29 is 5.11 Å². The summed E-state index contributed by atoms with van der Waals surface area (Å²) in [5.41, 5.74) is 0. The minimum atomic E-state index is 0.367. The molecule has 0 rings (SSSR count). The molecule has 0 aliphatic carbocycles. The molecule has 0 bridgehead atoms. The molecule has 0 heterocycles. The summed E-state index contributed by atoms with van der Waals surface area (Å²) in [7, 11) is 0. The van der Waals surface area contributed by atoms with E-state index < -0.39 is 0 Å². The monoisotopic (exact) mass is 242 g/mol. The van der Waals surface area contributed by atoms with Crippen LogP contribution < -0.4 is 0 Å². The van der Waals surface area contributed by atoms with E-state index in [0.29, 0.717) is 12.5 Å². The van der Waals surface area contributed by atoms with Crippen LogP contribution in [0.25, 0.3) is 0 Å². The average molecular weight is 242 g/mol. The smallest absolute Gasteiger partial charge is 0.0459 e. The van der Waals surface area contributed by atoms with Crippen LogP contribution in [0, 0.1) is 11.8 Å². The molecule has 1 nitrogen and oxygen atoms in total. The zero-order valence-corrected chi connectivity index (χ0v) is 12.4. The van der Waals surface area contributed by atoms with Gasteiger partial charge in [0.15, 0.2) is 0 Å². The maximum atomic E-state index is 9.30. The lowest BCUT2D eigenvalue weighted by molar-refractivity contribution is 0.171. The van der Waals surface area contributed by atoms with Crippen molar-refractivity contribution in [3.63, 3.8) is 0 Å². The van der Waals surface area contributed by atoms with Gasteiger partial charge in [-0.3, -0.25) is 0 Å². The summed E-state index contributed by atoms with van der Waals surface area (Å²) >= 11 is 0. The number of hydrogen-bond acceptors (Lipinski definition) is 1. The molecule has 104 valence electrons. The quantitative estimate of drug-likeness (QED) is 0.468.